The van der Waals surface area contributed by atoms with E-state index < -0.39 is 16.9 Å². The van der Waals surface area contributed by atoms with Crippen LogP contribution in [0.4, 0.5) is 0 Å². The van der Waals surface area contributed by atoms with E-state index in [-0.39, 0.29) is 11.8 Å². The first-order chi connectivity index (χ1) is 14.7. The van der Waals surface area contributed by atoms with Crippen LogP contribution in [0.5, 0.6) is 0 Å². The molecule has 164 valence electrons. The Labute approximate surface area is 189 Å². The molecule has 0 fully saturated rings. The van der Waals surface area contributed by atoms with E-state index in [0.717, 1.165) is 21.6 Å². The number of hydrogen-bond donors (Lipinski definition) is 1. The summed E-state index contributed by atoms with van der Waals surface area (Å²) in [5.74, 6) is 0.910. The van der Waals surface area contributed by atoms with Crippen molar-refractivity contribution in [3.8, 4) is 0 Å². The lowest BCUT2D eigenvalue weighted by Crippen LogP contribution is -2.11. The largest absolute Gasteiger partial charge is 0.384 e. The first-order valence-electron chi connectivity index (χ1n) is 11.1. The quantitative estimate of drug-likeness (QED) is 0.423. The zero-order chi connectivity index (χ0) is 22.7. The molecule has 31 heavy (non-hydrogen) atoms. The summed E-state index contributed by atoms with van der Waals surface area (Å²) in [7, 11) is -1.40. The number of rotatable bonds is 7. The highest BCUT2D eigenvalue weighted by Gasteiger charge is 2.25. The molecule has 0 spiro atoms. The van der Waals surface area contributed by atoms with Gasteiger partial charge in [0.25, 0.3) is 0 Å². The summed E-state index contributed by atoms with van der Waals surface area (Å²) in [5.41, 5.74) is 5.06. The van der Waals surface area contributed by atoms with Crippen LogP contribution in [0.15, 0.2) is 76.5 Å². The first-order valence-corrected chi connectivity index (χ1v) is 12.3. The van der Waals surface area contributed by atoms with Gasteiger partial charge in [-0.2, -0.15) is 0 Å². The van der Waals surface area contributed by atoms with Gasteiger partial charge in [-0.3, -0.25) is 0 Å². The van der Waals surface area contributed by atoms with Crippen molar-refractivity contribution in [2.75, 3.05) is 0 Å². The van der Waals surface area contributed by atoms with Crippen molar-refractivity contribution >= 4 is 10.8 Å². The molecule has 0 aliphatic rings. The van der Waals surface area contributed by atoms with Crippen LogP contribution in [-0.2, 0) is 10.8 Å². The van der Waals surface area contributed by atoms with Crippen molar-refractivity contribution in [1.29, 1.82) is 0 Å². The summed E-state index contributed by atoms with van der Waals surface area (Å²) in [6, 6.07) is 21.6. The maximum atomic E-state index is 14.1. The summed E-state index contributed by atoms with van der Waals surface area (Å²) in [6.45, 7) is 13.0. The number of aliphatic hydroxyl groups excluding tert-OH is 1. The molecule has 0 aliphatic carbocycles. The van der Waals surface area contributed by atoms with E-state index in [4.69, 9.17) is 0 Å². The van der Waals surface area contributed by atoms with Gasteiger partial charge in [0.1, 0.15) is 6.10 Å². The highest BCUT2D eigenvalue weighted by atomic mass is 32.2. The average molecular weight is 435 g/mol. The van der Waals surface area contributed by atoms with E-state index in [9.17, 15) is 9.32 Å². The van der Waals surface area contributed by atoms with Gasteiger partial charge in [-0.25, -0.2) is 4.21 Å². The fourth-order valence-corrected chi connectivity index (χ4v) is 5.74. The second-order valence-corrected chi connectivity index (χ2v) is 10.5. The van der Waals surface area contributed by atoms with Crippen molar-refractivity contribution in [2.45, 2.75) is 75.2 Å². The van der Waals surface area contributed by atoms with Crippen LogP contribution in [0.25, 0.3) is 0 Å². The molecule has 3 rings (SSSR count). The number of aliphatic hydroxyl groups is 1. The highest BCUT2D eigenvalue weighted by molar-refractivity contribution is 7.85. The minimum absolute atomic E-state index is 0.251. The topological polar surface area (TPSA) is 37.3 Å². The molecule has 0 saturated heterocycles. The summed E-state index contributed by atoms with van der Waals surface area (Å²) in [6.07, 6.45) is -0.818. The Morgan fingerprint density at radius 2 is 1.16 bits per heavy atom. The lowest BCUT2D eigenvalue weighted by Gasteiger charge is -2.24. The van der Waals surface area contributed by atoms with Crippen molar-refractivity contribution in [3.63, 3.8) is 0 Å². The predicted molar refractivity (Wildman–Crippen MR) is 130 cm³/mol. The van der Waals surface area contributed by atoms with Crippen molar-refractivity contribution < 1.29 is 9.32 Å². The summed E-state index contributed by atoms with van der Waals surface area (Å²) >= 11 is 0. The third-order valence-corrected chi connectivity index (χ3v) is 7.41. The van der Waals surface area contributed by atoms with E-state index in [2.05, 4.69) is 53.7 Å². The SMILES string of the molecule is CC(C)c1cc(C(C)C)c(S(=O)c2ccccc2[C@@H](O)c2ccccc2)c(C(C)C)c1. The molecule has 2 nitrogen and oxygen atoms in total. The van der Waals surface area contributed by atoms with E-state index in [1.54, 1.807) is 0 Å². The third-order valence-electron chi connectivity index (χ3n) is 5.79. The zero-order valence-electron chi connectivity index (χ0n) is 19.4. The Hall–Kier alpha value is -2.23. The maximum Gasteiger partial charge on any atom is 0.105 e. The van der Waals surface area contributed by atoms with Gasteiger partial charge < -0.3 is 5.11 Å². The molecule has 1 N–H and O–H groups in total. The Morgan fingerprint density at radius 1 is 0.645 bits per heavy atom. The predicted octanol–water partition coefficient (Wildman–Crippen LogP) is 7.31. The second-order valence-electron chi connectivity index (χ2n) is 9.11. The van der Waals surface area contributed by atoms with Crippen LogP contribution >= 0.6 is 0 Å². The Morgan fingerprint density at radius 3 is 1.68 bits per heavy atom. The molecule has 3 aromatic carbocycles. The molecule has 2 atom stereocenters. The van der Waals surface area contributed by atoms with Crippen molar-refractivity contribution in [3.05, 3.63) is 94.5 Å². The molecule has 0 amide bonds. The van der Waals surface area contributed by atoms with Crippen molar-refractivity contribution in [1.82, 2.24) is 0 Å². The lowest BCUT2D eigenvalue weighted by molar-refractivity contribution is 0.217. The number of benzene rings is 3. The molecular weight excluding hydrogens is 400 g/mol. The molecule has 0 radical (unpaired) electrons. The second kappa shape index (κ2) is 9.93. The van der Waals surface area contributed by atoms with Crippen LogP contribution in [0.2, 0.25) is 0 Å². The van der Waals surface area contributed by atoms with Gasteiger partial charge in [-0.05, 0) is 46.1 Å². The molecule has 0 saturated carbocycles. The highest BCUT2D eigenvalue weighted by Crippen LogP contribution is 2.38. The van der Waals surface area contributed by atoms with Crippen LogP contribution in [0.3, 0.4) is 0 Å². The zero-order valence-corrected chi connectivity index (χ0v) is 20.2. The van der Waals surface area contributed by atoms with Gasteiger partial charge in [-0.1, -0.05) is 102 Å². The third kappa shape index (κ3) is 4.99. The normalized spacial score (nSPS) is 13.7. The maximum absolute atomic E-state index is 14.1. The molecule has 0 aromatic heterocycles. The molecule has 3 aromatic rings. The summed E-state index contributed by atoms with van der Waals surface area (Å²) < 4.78 is 14.1. The minimum atomic E-state index is -1.40. The molecule has 0 bridgehead atoms. The van der Waals surface area contributed by atoms with Crippen LogP contribution in [-0.4, -0.2) is 9.32 Å². The van der Waals surface area contributed by atoms with Gasteiger partial charge in [-0.15, -0.1) is 0 Å². The van der Waals surface area contributed by atoms with Crippen LogP contribution in [0, 0.1) is 0 Å². The Bertz CT molecular complexity index is 1020. The average Bonchev–Trinajstić information content (AvgIpc) is 2.77. The molecule has 0 aliphatic heterocycles. The van der Waals surface area contributed by atoms with Crippen LogP contribution < -0.4 is 0 Å². The molecular formula is C28H34O2S. The summed E-state index contributed by atoms with van der Waals surface area (Å²) in [4.78, 5) is 1.59. The van der Waals surface area contributed by atoms with Gasteiger partial charge >= 0.3 is 0 Å². The van der Waals surface area contributed by atoms with E-state index in [1.165, 1.54) is 5.56 Å². The van der Waals surface area contributed by atoms with E-state index >= 15 is 0 Å². The van der Waals surface area contributed by atoms with Crippen molar-refractivity contribution in [2.24, 2.45) is 0 Å². The monoisotopic (exact) mass is 434 g/mol. The molecule has 1 unspecified atom stereocenters. The van der Waals surface area contributed by atoms with Gasteiger partial charge in [0.15, 0.2) is 0 Å². The van der Waals surface area contributed by atoms with Gasteiger partial charge in [0, 0.05) is 10.5 Å². The van der Waals surface area contributed by atoms with E-state index in [0.29, 0.717) is 16.4 Å². The fraction of sp³-hybridized carbons (Fsp3) is 0.357. The fourth-order valence-electron chi connectivity index (χ4n) is 3.90. The molecule has 3 heteroatoms. The first kappa shape index (κ1) is 23.4. The Balaban J connectivity index is 2.21. The smallest absolute Gasteiger partial charge is 0.105 e. The molecule has 0 heterocycles. The van der Waals surface area contributed by atoms with E-state index in [1.807, 2.05) is 54.6 Å². The van der Waals surface area contributed by atoms with Gasteiger partial charge in [0.2, 0.25) is 0 Å². The minimum Gasteiger partial charge on any atom is -0.384 e. The lowest BCUT2D eigenvalue weighted by atomic mass is 9.89. The Kier molecular flexibility index (Phi) is 7.51. The van der Waals surface area contributed by atoms with Gasteiger partial charge in [0.05, 0.1) is 15.7 Å². The number of hydrogen-bond acceptors (Lipinski definition) is 2. The summed E-state index contributed by atoms with van der Waals surface area (Å²) in [5, 5.41) is 11.1. The van der Waals surface area contributed by atoms with Crippen LogP contribution in [0.1, 0.15) is 93.2 Å². The standard InChI is InChI=1S/C28H34O2S/c1-18(2)22-16-24(19(3)4)28(25(17-22)20(5)6)31(30)26-15-11-10-14-23(26)27(29)21-12-8-7-9-13-21/h7-20,27,29H,1-6H3/t27-,31?/m0/s1.